The SMILES string of the molecule is O=C(CCSc1ccccc1F)N1CCC(O)C1. The first kappa shape index (κ1) is 13.4. The van der Waals surface area contributed by atoms with Crippen molar-refractivity contribution in [2.45, 2.75) is 23.8 Å². The number of halogens is 1. The normalized spacial score (nSPS) is 19.2. The Morgan fingerprint density at radius 2 is 2.28 bits per heavy atom. The molecule has 0 bridgehead atoms. The first-order valence-corrected chi connectivity index (χ1v) is 6.98. The van der Waals surface area contributed by atoms with Gasteiger partial charge >= 0.3 is 0 Å². The van der Waals surface area contributed by atoms with Crippen LogP contribution in [0.3, 0.4) is 0 Å². The molecule has 0 aromatic heterocycles. The quantitative estimate of drug-likeness (QED) is 0.849. The van der Waals surface area contributed by atoms with E-state index in [1.165, 1.54) is 17.8 Å². The van der Waals surface area contributed by atoms with Gasteiger partial charge in [-0.3, -0.25) is 4.79 Å². The number of carbonyl (C=O) groups excluding carboxylic acids is 1. The highest BCUT2D eigenvalue weighted by Gasteiger charge is 2.23. The standard InChI is InChI=1S/C13H16FNO2S/c14-11-3-1-2-4-12(11)18-8-6-13(17)15-7-5-10(16)9-15/h1-4,10,16H,5-9H2. The van der Waals surface area contributed by atoms with E-state index in [9.17, 15) is 14.3 Å². The second kappa shape index (κ2) is 6.20. The van der Waals surface area contributed by atoms with Gasteiger partial charge in [-0.05, 0) is 18.6 Å². The molecule has 1 heterocycles. The minimum absolute atomic E-state index is 0.0374. The van der Waals surface area contributed by atoms with Gasteiger partial charge in [-0.2, -0.15) is 0 Å². The molecule has 5 heteroatoms. The Labute approximate surface area is 110 Å². The number of nitrogens with zero attached hydrogens (tertiary/aromatic N) is 1. The predicted molar refractivity (Wildman–Crippen MR) is 68.9 cm³/mol. The van der Waals surface area contributed by atoms with Crippen LogP contribution in [0.1, 0.15) is 12.8 Å². The average molecular weight is 269 g/mol. The van der Waals surface area contributed by atoms with Crippen LogP contribution in [0, 0.1) is 5.82 Å². The Morgan fingerprint density at radius 3 is 2.94 bits per heavy atom. The van der Waals surface area contributed by atoms with Crippen LogP contribution in [0.15, 0.2) is 29.2 Å². The van der Waals surface area contributed by atoms with Crippen LogP contribution < -0.4 is 0 Å². The van der Waals surface area contributed by atoms with E-state index >= 15 is 0 Å². The van der Waals surface area contributed by atoms with E-state index in [1.54, 1.807) is 23.1 Å². The molecular weight excluding hydrogens is 253 g/mol. The highest BCUT2D eigenvalue weighted by Crippen LogP contribution is 2.22. The van der Waals surface area contributed by atoms with Gasteiger partial charge in [0.2, 0.25) is 5.91 Å². The van der Waals surface area contributed by atoms with Crippen molar-refractivity contribution < 1.29 is 14.3 Å². The van der Waals surface area contributed by atoms with Crippen molar-refractivity contribution in [3.05, 3.63) is 30.1 Å². The lowest BCUT2D eigenvalue weighted by Gasteiger charge is -2.15. The Morgan fingerprint density at radius 1 is 1.50 bits per heavy atom. The summed E-state index contributed by atoms with van der Waals surface area (Å²) in [4.78, 5) is 14.0. The minimum Gasteiger partial charge on any atom is -0.391 e. The maximum absolute atomic E-state index is 13.3. The fraction of sp³-hybridized carbons (Fsp3) is 0.462. The van der Waals surface area contributed by atoms with E-state index in [1.807, 2.05) is 0 Å². The van der Waals surface area contributed by atoms with E-state index in [2.05, 4.69) is 0 Å². The number of aliphatic hydroxyl groups excluding tert-OH is 1. The second-order valence-electron chi connectivity index (χ2n) is 4.31. The van der Waals surface area contributed by atoms with Crippen molar-refractivity contribution in [2.75, 3.05) is 18.8 Å². The number of benzene rings is 1. The molecule has 1 unspecified atom stereocenters. The van der Waals surface area contributed by atoms with Gasteiger partial charge in [-0.15, -0.1) is 11.8 Å². The third-order valence-electron chi connectivity index (χ3n) is 2.93. The van der Waals surface area contributed by atoms with E-state index in [0.717, 1.165) is 0 Å². The number of thioether (sulfide) groups is 1. The van der Waals surface area contributed by atoms with E-state index < -0.39 is 0 Å². The maximum atomic E-state index is 13.3. The van der Waals surface area contributed by atoms with E-state index in [0.29, 0.717) is 36.6 Å². The summed E-state index contributed by atoms with van der Waals surface area (Å²) >= 11 is 1.35. The van der Waals surface area contributed by atoms with Crippen molar-refractivity contribution in [1.82, 2.24) is 4.90 Å². The largest absolute Gasteiger partial charge is 0.391 e. The molecular formula is C13H16FNO2S. The Bertz CT molecular complexity index is 427. The Kier molecular flexibility index (Phi) is 4.60. The lowest BCUT2D eigenvalue weighted by atomic mass is 10.3. The number of hydrogen-bond donors (Lipinski definition) is 1. The monoisotopic (exact) mass is 269 g/mol. The molecule has 0 aliphatic carbocycles. The summed E-state index contributed by atoms with van der Waals surface area (Å²) in [7, 11) is 0. The zero-order valence-electron chi connectivity index (χ0n) is 10.0. The van der Waals surface area contributed by atoms with E-state index in [-0.39, 0.29) is 17.8 Å². The molecule has 1 aliphatic heterocycles. The van der Waals surface area contributed by atoms with E-state index in [4.69, 9.17) is 0 Å². The summed E-state index contributed by atoms with van der Waals surface area (Å²) in [5.74, 6) is 0.355. The highest BCUT2D eigenvalue weighted by molar-refractivity contribution is 7.99. The molecule has 3 nitrogen and oxygen atoms in total. The van der Waals surface area contributed by atoms with Gasteiger partial charge in [-0.1, -0.05) is 12.1 Å². The summed E-state index contributed by atoms with van der Waals surface area (Å²) < 4.78 is 13.3. The first-order valence-electron chi connectivity index (χ1n) is 6.00. The summed E-state index contributed by atoms with van der Waals surface area (Å²) in [6, 6.07) is 6.56. The molecule has 2 rings (SSSR count). The molecule has 0 saturated carbocycles. The van der Waals surface area contributed by atoms with Crippen LogP contribution in [0.5, 0.6) is 0 Å². The molecule has 1 aliphatic rings. The lowest BCUT2D eigenvalue weighted by Crippen LogP contribution is -2.29. The molecule has 1 aromatic carbocycles. The van der Waals surface area contributed by atoms with Gasteiger partial charge < -0.3 is 10.0 Å². The molecule has 1 amide bonds. The number of rotatable bonds is 4. The van der Waals surface area contributed by atoms with Crippen molar-refractivity contribution in [3.8, 4) is 0 Å². The zero-order chi connectivity index (χ0) is 13.0. The fourth-order valence-corrected chi connectivity index (χ4v) is 2.81. The molecule has 1 N–H and O–H groups in total. The first-order chi connectivity index (χ1) is 8.66. The van der Waals surface area contributed by atoms with Crippen LogP contribution in [0.2, 0.25) is 0 Å². The summed E-state index contributed by atoms with van der Waals surface area (Å²) in [6.07, 6.45) is 0.658. The molecule has 0 spiro atoms. The number of hydrogen-bond acceptors (Lipinski definition) is 3. The molecule has 0 radical (unpaired) electrons. The predicted octanol–water partition coefficient (Wildman–Crippen LogP) is 1.90. The third-order valence-corrected chi connectivity index (χ3v) is 3.98. The topological polar surface area (TPSA) is 40.5 Å². The lowest BCUT2D eigenvalue weighted by molar-refractivity contribution is -0.130. The van der Waals surface area contributed by atoms with Gasteiger partial charge in [0.15, 0.2) is 0 Å². The van der Waals surface area contributed by atoms with Crippen LogP contribution in [-0.2, 0) is 4.79 Å². The fourth-order valence-electron chi connectivity index (χ4n) is 1.94. The van der Waals surface area contributed by atoms with Crippen LogP contribution >= 0.6 is 11.8 Å². The molecule has 98 valence electrons. The van der Waals surface area contributed by atoms with Crippen molar-refractivity contribution in [1.29, 1.82) is 0 Å². The second-order valence-corrected chi connectivity index (χ2v) is 5.45. The molecule has 18 heavy (non-hydrogen) atoms. The summed E-state index contributed by atoms with van der Waals surface area (Å²) in [5, 5.41) is 9.34. The molecule has 1 aromatic rings. The number of aliphatic hydroxyl groups is 1. The van der Waals surface area contributed by atoms with Gasteiger partial charge in [0, 0.05) is 30.2 Å². The summed E-state index contributed by atoms with van der Waals surface area (Å²) in [5.41, 5.74) is 0. The van der Waals surface area contributed by atoms with Gasteiger partial charge in [0.05, 0.1) is 6.10 Å². The maximum Gasteiger partial charge on any atom is 0.223 e. The van der Waals surface area contributed by atoms with Crippen LogP contribution in [0.4, 0.5) is 4.39 Å². The number of β-amino-alcohol motifs (C(OH)–C–C–N with tert-alkyl or cyclic N) is 1. The van der Waals surface area contributed by atoms with Crippen molar-refractivity contribution in [2.24, 2.45) is 0 Å². The Balaban J connectivity index is 1.75. The van der Waals surface area contributed by atoms with Crippen molar-refractivity contribution in [3.63, 3.8) is 0 Å². The summed E-state index contributed by atoms with van der Waals surface area (Å²) in [6.45, 7) is 1.06. The van der Waals surface area contributed by atoms with Gasteiger partial charge in [-0.25, -0.2) is 4.39 Å². The van der Waals surface area contributed by atoms with Crippen molar-refractivity contribution >= 4 is 17.7 Å². The number of likely N-dealkylation sites (tertiary alicyclic amines) is 1. The zero-order valence-corrected chi connectivity index (χ0v) is 10.8. The highest BCUT2D eigenvalue weighted by atomic mass is 32.2. The minimum atomic E-state index is -0.381. The van der Waals surface area contributed by atoms with Gasteiger partial charge in [0.25, 0.3) is 0 Å². The molecule has 1 atom stereocenters. The number of carbonyl (C=O) groups is 1. The van der Waals surface area contributed by atoms with Crippen LogP contribution in [-0.4, -0.2) is 40.9 Å². The smallest absolute Gasteiger partial charge is 0.223 e. The molecule has 1 fully saturated rings. The Hall–Kier alpha value is -1.07. The average Bonchev–Trinajstić information content (AvgIpc) is 2.78. The van der Waals surface area contributed by atoms with Crippen LogP contribution in [0.25, 0.3) is 0 Å². The molecule has 1 saturated heterocycles. The number of amides is 1. The van der Waals surface area contributed by atoms with Gasteiger partial charge in [0.1, 0.15) is 5.82 Å². The third kappa shape index (κ3) is 3.46.